The van der Waals surface area contributed by atoms with Crippen LogP contribution in [0.2, 0.25) is 0 Å². The number of carbonyl (C=O) groups excluding carboxylic acids is 1. The van der Waals surface area contributed by atoms with Crippen LogP contribution in [0.15, 0.2) is 6.07 Å². The van der Waals surface area contributed by atoms with E-state index < -0.39 is 0 Å². The van der Waals surface area contributed by atoms with E-state index in [1.165, 1.54) is 0 Å². The Morgan fingerprint density at radius 3 is 2.80 bits per heavy atom. The van der Waals surface area contributed by atoms with Crippen LogP contribution in [0.5, 0.6) is 0 Å². The van der Waals surface area contributed by atoms with Gasteiger partial charge in [0, 0.05) is 33.3 Å². The molecular weight excluding hydrogens is 258 g/mol. The first kappa shape index (κ1) is 14.5. The van der Waals surface area contributed by atoms with Gasteiger partial charge >= 0.3 is 0 Å². The van der Waals surface area contributed by atoms with Gasteiger partial charge in [0.15, 0.2) is 5.82 Å². The lowest BCUT2D eigenvalue weighted by Crippen LogP contribution is -2.31. The minimum Gasteiger partial charge on any atom is -0.374 e. The number of likely N-dealkylation sites (N-methyl/N-ethyl adjacent to an activating group) is 1. The number of hydrogen-bond acceptors (Lipinski definition) is 6. The molecule has 0 aromatic carbocycles. The maximum absolute atomic E-state index is 11.9. The van der Waals surface area contributed by atoms with E-state index in [9.17, 15) is 4.79 Å². The molecule has 110 valence electrons. The maximum atomic E-state index is 11.9. The fourth-order valence-electron chi connectivity index (χ4n) is 2.09. The van der Waals surface area contributed by atoms with Crippen LogP contribution in [0.1, 0.15) is 19.2 Å². The number of rotatable bonds is 6. The summed E-state index contributed by atoms with van der Waals surface area (Å²) >= 11 is 0. The van der Waals surface area contributed by atoms with Crippen LogP contribution in [-0.4, -0.2) is 54.1 Å². The van der Waals surface area contributed by atoms with Crippen molar-refractivity contribution in [3.63, 3.8) is 0 Å². The molecule has 0 bridgehead atoms. The average Bonchev–Trinajstić information content (AvgIpc) is 2.77. The average molecular weight is 279 g/mol. The van der Waals surface area contributed by atoms with Crippen molar-refractivity contribution < 1.29 is 9.53 Å². The first-order valence-electron chi connectivity index (χ1n) is 6.79. The molecule has 7 nitrogen and oxygen atoms in total. The zero-order chi connectivity index (χ0) is 14.5. The SMILES string of the molecule is CCOCc1nc(NC)cc(NC2CCN(C)C2=O)n1. The van der Waals surface area contributed by atoms with Crippen LogP contribution in [-0.2, 0) is 16.1 Å². The van der Waals surface area contributed by atoms with E-state index in [1.807, 2.05) is 14.0 Å². The summed E-state index contributed by atoms with van der Waals surface area (Å²) in [5.74, 6) is 2.05. The Hall–Kier alpha value is -1.89. The van der Waals surface area contributed by atoms with E-state index >= 15 is 0 Å². The van der Waals surface area contributed by atoms with Crippen LogP contribution in [0.3, 0.4) is 0 Å². The molecule has 1 unspecified atom stereocenters. The monoisotopic (exact) mass is 279 g/mol. The predicted molar refractivity (Wildman–Crippen MR) is 76.6 cm³/mol. The van der Waals surface area contributed by atoms with Gasteiger partial charge in [0.25, 0.3) is 0 Å². The Bertz CT molecular complexity index is 480. The molecule has 1 aliphatic rings. The molecule has 2 heterocycles. The highest BCUT2D eigenvalue weighted by molar-refractivity contribution is 5.86. The van der Waals surface area contributed by atoms with Gasteiger partial charge in [-0.25, -0.2) is 9.97 Å². The van der Waals surface area contributed by atoms with Gasteiger partial charge in [0.05, 0.1) is 0 Å². The highest BCUT2D eigenvalue weighted by Gasteiger charge is 2.29. The molecule has 0 aliphatic carbocycles. The second-order valence-electron chi connectivity index (χ2n) is 4.69. The highest BCUT2D eigenvalue weighted by atomic mass is 16.5. The molecule has 1 fully saturated rings. The number of amides is 1. The van der Waals surface area contributed by atoms with Gasteiger partial charge in [-0.3, -0.25) is 4.79 Å². The molecule has 20 heavy (non-hydrogen) atoms. The fraction of sp³-hybridized carbons (Fsp3) is 0.615. The Morgan fingerprint density at radius 1 is 1.45 bits per heavy atom. The topological polar surface area (TPSA) is 79.4 Å². The fourth-order valence-corrected chi connectivity index (χ4v) is 2.09. The van der Waals surface area contributed by atoms with E-state index in [2.05, 4.69) is 20.6 Å². The van der Waals surface area contributed by atoms with Gasteiger partial charge in [-0.2, -0.15) is 0 Å². The minimum atomic E-state index is -0.209. The highest BCUT2D eigenvalue weighted by Crippen LogP contribution is 2.17. The van der Waals surface area contributed by atoms with Gasteiger partial charge in [-0.15, -0.1) is 0 Å². The number of likely N-dealkylation sites (tertiary alicyclic amines) is 1. The van der Waals surface area contributed by atoms with Gasteiger partial charge in [0.1, 0.15) is 24.3 Å². The third-order valence-corrected chi connectivity index (χ3v) is 3.21. The number of aromatic nitrogens is 2. The van der Waals surface area contributed by atoms with Crippen LogP contribution in [0.4, 0.5) is 11.6 Å². The quantitative estimate of drug-likeness (QED) is 0.798. The van der Waals surface area contributed by atoms with E-state index in [-0.39, 0.29) is 11.9 Å². The van der Waals surface area contributed by atoms with Crippen molar-refractivity contribution in [1.29, 1.82) is 0 Å². The molecular formula is C13H21N5O2. The number of nitrogens with one attached hydrogen (secondary N) is 2. The molecule has 2 rings (SSSR count). The van der Waals surface area contributed by atoms with Gasteiger partial charge in [0.2, 0.25) is 5.91 Å². The van der Waals surface area contributed by atoms with Crippen molar-refractivity contribution in [3.05, 3.63) is 11.9 Å². The molecule has 7 heteroatoms. The van der Waals surface area contributed by atoms with Crippen LogP contribution in [0.25, 0.3) is 0 Å². The molecule has 1 atom stereocenters. The molecule has 0 spiro atoms. The standard InChI is InChI=1S/C13H21N5O2/c1-4-20-8-12-16-10(14-2)7-11(17-12)15-9-5-6-18(3)13(9)19/h7,9H,4-6,8H2,1-3H3,(H2,14,15,16,17). The molecule has 1 aliphatic heterocycles. The summed E-state index contributed by atoms with van der Waals surface area (Å²) in [7, 11) is 3.61. The van der Waals surface area contributed by atoms with E-state index in [0.717, 1.165) is 13.0 Å². The molecule has 1 aromatic rings. The Kier molecular flexibility index (Phi) is 4.73. The summed E-state index contributed by atoms with van der Waals surface area (Å²) in [5.41, 5.74) is 0. The van der Waals surface area contributed by atoms with Gasteiger partial charge < -0.3 is 20.3 Å². The summed E-state index contributed by atoms with van der Waals surface area (Å²) < 4.78 is 5.33. The molecule has 0 radical (unpaired) electrons. The molecule has 1 amide bonds. The third kappa shape index (κ3) is 3.36. The normalized spacial score (nSPS) is 18.4. The van der Waals surface area contributed by atoms with Crippen LogP contribution >= 0.6 is 0 Å². The zero-order valence-electron chi connectivity index (χ0n) is 12.1. The number of ether oxygens (including phenoxy) is 1. The smallest absolute Gasteiger partial charge is 0.244 e. The first-order valence-corrected chi connectivity index (χ1v) is 6.79. The van der Waals surface area contributed by atoms with Crippen molar-refractivity contribution in [2.24, 2.45) is 0 Å². The maximum Gasteiger partial charge on any atom is 0.244 e. The van der Waals surface area contributed by atoms with Crippen molar-refractivity contribution in [2.75, 3.05) is 37.9 Å². The van der Waals surface area contributed by atoms with Crippen molar-refractivity contribution in [1.82, 2.24) is 14.9 Å². The molecule has 0 saturated carbocycles. The zero-order valence-corrected chi connectivity index (χ0v) is 12.1. The summed E-state index contributed by atoms with van der Waals surface area (Å²) in [6.45, 7) is 3.67. The van der Waals surface area contributed by atoms with Crippen LogP contribution < -0.4 is 10.6 Å². The lowest BCUT2D eigenvalue weighted by atomic mass is 10.2. The summed E-state index contributed by atoms with van der Waals surface area (Å²) in [6.07, 6.45) is 0.787. The third-order valence-electron chi connectivity index (χ3n) is 3.21. The van der Waals surface area contributed by atoms with E-state index in [1.54, 1.807) is 18.0 Å². The van der Waals surface area contributed by atoms with Crippen molar-refractivity contribution >= 4 is 17.5 Å². The summed E-state index contributed by atoms with van der Waals surface area (Å²) in [6, 6.07) is 1.58. The molecule has 2 N–H and O–H groups in total. The Labute approximate surface area is 118 Å². The number of anilines is 2. The first-order chi connectivity index (χ1) is 9.63. The Balaban J connectivity index is 2.12. The Morgan fingerprint density at radius 2 is 2.20 bits per heavy atom. The molecule has 1 aromatic heterocycles. The van der Waals surface area contributed by atoms with Crippen molar-refractivity contribution in [3.8, 4) is 0 Å². The number of carbonyl (C=O) groups is 1. The van der Waals surface area contributed by atoms with Crippen LogP contribution in [0, 0.1) is 0 Å². The number of hydrogen-bond donors (Lipinski definition) is 2. The second kappa shape index (κ2) is 6.51. The van der Waals surface area contributed by atoms with Crippen molar-refractivity contribution in [2.45, 2.75) is 26.0 Å². The largest absolute Gasteiger partial charge is 0.374 e. The van der Waals surface area contributed by atoms with Gasteiger partial charge in [-0.1, -0.05) is 0 Å². The lowest BCUT2D eigenvalue weighted by Gasteiger charge is -2.14. The lowest BCUT2D eigenvalue weighted by molar-refractivity contribution is -0.127. The van der Waals surface area contributed by atoms with E-state index in [0.29, 0.717) is 30.7 Å². The minimum absolute atomic E-state index is 0.0981. The summed E-state index contributed by atoms with van der Waals surface area (Å²) in [5, 5.41) is 6.16. The summed E-state index contributed by atoms with van der Waals surface area (Å²) in [4.78, 5) is 22.3. The van der Waals surface area contributed by atoms with Gasteiger partial charge in [-0.05, 0) is 13.3 Å². The van der Waals surface area contributed by atoms with E-state index in [4.69, 9.17) is 4.74 Å². The number of nitrogens with zero attached hydrogens (tertiary/aromatic N) is 3. The molecule has 1 saturated heterocycles. The predicted octanol–water partition coefficient (Wildman–Crippen LogP) is 0.697. The second-order valence-corrected chi connectivity index (χ2v) is 4.69.